The van der Waals surface area contributed by atoms with E-state index in [9.17, 15) is 15.2 Å². The minimum Gasteiger partial charge on any atom is -0.508 e. The van der Waals surface area contributed by atoms with Gasteiger partial charge in [0.1, 0.15) is 17.4 Å². The van der Waals surface area contributed by atoms with Crippen molar-refractivity contribution in [2.75, 3.05) is 18.4 Å². The normalized spacial score (nSPS) is 11.4. The quantitative estimate of drug-likeness (QED) is 0.459. The van der Waals surface area contributed by atoms with Crippen LogP contribution in [0.3, 0.4) is 0 Å². The van der Waals surface area contributed by atoms with Crippen molar-refractivity contribution in [1.82, 2.24) is 4.90 Å². The van der Waals surface area contributed by atoms with E-state index in [0.29, 0.717) is 17.5 Å². The van der Waals surface area contributed by atoms with Gasteiger partial charge in [0.05, 0.1) is 0 Å². The summed E-state index contributed by atoms with van der Waals surface area (Å²) >= 11 is 0. The van der Waals surface area contributed by atoms with Crippen molar-refractivity contribution in [3.63, 3.8) is 0 Å². The maximum atomic E-state index is 12.2. The van der Waals surface area contributed by atoms with Crippen LogP contribution in [0.2, 0.25) is 0 Å². The molecule has 1 aromatic rings. The van der Waals surface area contributed by atoms with Crippen LogP contribution in [0.1, 0.15) is 27.7 Å². The first-order valence-electron chi connectivity index (χ1n) is 7.78. The number of amides is 1. The van der Waals surface area contributed by atoms with E-state index < -0.39 is 5.91 Å². The smallest absolute Gasteiger partial charge is 0.267 e. The number of hydrogen-bond acceptors (Lipinski definition) is 4. The fourth-order valence-corrected chi connectivity index (χ4v) is 2.18. The summed E-state index contributed by atoms with van der Waals surface area (Å²) in [6.07, 6.45) is 1.63. The van der Waals surface area contributed by atoms with Crippen molar-refractivity contribution in [2.24, 2.45) is 11.8 Å². The van der Waals surface area contributed by atoms with Crippen LogP contribution < -0.4 is 5.32 Å². The summed E-state index contributed by atoms with van der Waals surface area (Å²) in [7, 11) is 0. The lowest BCUT2D eigenvalue weighted by Gasteiger charge is -2.25. The molecule has 0 unspecified atom stereocenters. The van der Waals surface area contributed by atoms with Crippen molar-refractivity contribution in [3.05, 3.63) is 36.0 Å². The van der Waals surface area contributed by atoms with Crippen molar-refractivity contribution >= 4 is 11.6 Å². The number of phenolic OH excluding ortho intramolecular Hbond substituents is 1. The standard InChI is InChI=1S/C18H25N3O2/c1-13(2)10-21(11-14(3)4)12-15(9-19)18(23)20-16-5-7-17(22)8-6-16/h5-8,12-14,22H,10-11H2,1-4H3,(H,20,23)/b15-12-. The Morgan fingerprint density at radius 1 is 1.22 bits per heavy atom. The molecule has 0 aliphatic carbocycles. The molecule has 1 aromatic carbocycles. The number of benzene rings is 1. The predicted molar refractivity (Wildman–Crippen MR) is 91.7 cm³/mol. The van der Waals surface area contributed by atoms with Gasteiger partial charge in [-0.2, -0.15) is 5.26 Å². The largest absolute Gasteiger partial charge is 0.508 e. The van der Waals surface area contributed by atoms with Crippen molar-refractivity contribution in [2.45, 2.75) is 27.7 Å². The first kappa shape index (κ1) is 18.6. The van der Waals surface area contributed by atoms with Gasteiger partial charge in [-0.1, -0.05) is 27.7 Å². The number of aromatic hydroxyl groups is 1. The Hall–Kier alpha value is -2.48. The number of nitriles is 1. The molecule has 0 aliphatic rings. The summed E-state index contributed by atoms with van der Waals surface area (Å²) in [6.45, 7) is 9.98. The van der Waals surface area contributed by atoms with Crippen LogP contribution in [0.15, 0.2) is 36.0 Å². The molecule has 2 N–H and O–H groups in total. The van der Waals surface area contributed by atoms with Crippen molar-refractivity contribution in [1.29, 1.82) is 5.26 Å². The number of rotatable bonds is 7. The minimum atomic E-state index is -0.448. The van der Waals surface area contributed by atoms with Gasteiger partial charge in [0.25, 0.3) is 5.91 Å². The molecule has 5 nitrogen and oxygen atoms in total. The molecule has 0 bridgehead atoms. The highest BCUT2D eigenvalue weighted by Gasteiger charge is 2.13. The molecule has 0 aliphatic heterocycles. The molecule has 23 heavy (non-hydrogen) atoms. The molecule has 0 heterocycles. The molecular weight excluding hydrogens is 290 g/mol. The van der Waals surface area contributed by atoms with Crippen LogP contribution in [-0.2, 0) is 4.79 Å². The Labute approximate surface area is 138 Å². The molecule has 0 spiro atoms. The van der Waals surface area contributed by atoms with Gasteiger partial charge in [-0.05, 0) is 36.1 Å². The molecule has 0 saturated carbocycles. The summed E-state index contributed by atoms with van der Waals surface area (Å²) < 4.78 is 0. The molecule has 0 fully saturated rings. The molecule has 1 amide bonds. The predicted octanol–water partition coefficient (Wildman–Crippen LogP) is 3.35. The van der Waals surface area contributed by atoms with Crippen LogP contribution >= 0.6 is 0 Å². The van der Waals surface area contributed by atoms with Gasteiger partial charge < -0.3 is 15.3 Å². The zero-order valence-electron chi connectivity index (χ0n) is 14.2. The molecule has 0 aromatic heterocycles. The molecule has 0 radical (unpaired) electrons. The SMILES string of the molecule is CC(C)CN(/C=C(/C#N)C(=O)Nc1ccc(O)cc1)CC(C)C. The Balaban J connectivity index is 2.87. The third-order valence-electron chi connectivity index (χ3n) is 3.00. The number of phenols is 1. The van der Waals surface area contributed by atoms with E-state index >= 15 is 0 Å². The van der Waals surface area contributed by atoms with E-state index in [0.717, 1.165) is 13.1 Å². The van der Waals surface area contributed by atoms with Crippen LogP contribution in [0.25, 0.3) is 0 Å². The number of nitrogens with zero attached hydrogens (tertiary/aromatic N) is 2. The van der Waals surface area contributed by atoms with Gasteiger partial charge in [0.2, 0.25) is 0 Å². The summed E-state index contributed by atoms with van der Waals surface area (Å²) in [4.78, 5) is 14.3. The molecule has 0 atom stereocenters. The first-order valence-corrected chi connectivity index (χ1v) is 7.78. The fourth-order valence-electron chi connectivity index (χ4n) is 2.18. The molecule has 1 rings (SSSR count). The van der Waals surface area contributed by atoms with Crippen molar-refractivity contribution in [3.8, 4) is 11.8 Å². The lowest BCUT2D eigenvalue weighted by molar-refractivity contribution is -0.112. The summed E-state index contributed by atoms with van der Waals surface area (Å²) in [5, 5.41) is 21.2. The number of nitrogens with one attached hydrogen (secondary N) is 1. The third-order valence-corrected chi connectivity index (χ3v) is 3.00. The first-order chi connectivity index (χ1) is 10.8. The number of carbonyl (C=O) groups is 1. The topological polar surface area (TPSA) is 76.4 Å². The summed E-state index contributed by atoms with van der Waals surface area (Å²) in [5.74, 6) is 0.546. The lowest BCUT2D eigenvalue weighted by Crippen LogP contribution is -2.28. The Kier molecular flexibility index (Phi) is 7.14. The Morgan fingerprint density at radius 2 is 1.74 bits per heavy atom. The Morgan fingerprint density at radius 3 is 2.17 bits per heavy atom. The highest BCUT2D eigenvalue weighted by atomic mass is 16.3. The van der Waals surface area contributed by atoms with Gasteiger partial charge in [0, 0.05) is 25.0 Å². The lowest BCUT2D eigenvalue weighted by atomic mass is 10.1. The molecule has 5 heteroatoms. The van der Waals surface area contributed by atoms with Crippen LogP contribution in [0.5, 0.6) is 5.75 Å². The van der Waals surface area contributed by atoms with Crippen LogP contribution in [0.4, 0.5) is 5.69 Å². The van der Waals surface area contributed by atoms with Crippen LogP contribution in [0, 0.1) is 23.2 Å². The monoisotopic (exact) mass is 315 g/mol. The second kappa shape index (κ2) is 8.84. The second-order valence-corrected chi connectivity index (χ2v) is 6.40. The van der Waals surface area contributed by atoms with E-state index in [4.69, 9.17) is 0 Å². The molecule has 124 valence electrons. The van der Waals surface area contributed by atoms with E-state index in [1.807, 2.05) is 11.0 Å². The van der Waals surface area contributed by atoms with Gasteiger partial charge in [-0.25, -0.2) is 0 Å². The number of anilines is 1. The second-order valence-electron chi connectivity index (χ2n) is 6.40. The highest BCUT2D eigenvalue weighted by Crippen LogP contribution is 2.15. The van der Waals surface area contributed by atoms with E-state index in [2.05, 4.69) is 33.0 Å². The Bertz CT molecular complexity index is 573. The molecule has 0 saturated heterocycles. The highest BCUT2D eigenvalue weighted by molar-refractivity contribution is 6.06. The van der Waals surface area contributed by atoms with E-state index in [1.54, 1.807) is 18.3 Å². The maximum absolute atomic E-state index is 12.2. The van der Waals surface area contributed by atoms with Gasteiger partial charge >= 0.3 is 0 Å². The van der Waals surface area contributed by atoms with Gasteiger partial charge in [-0.3, -0.25) is 4.79 Å². The molecular formula is C18H25N3O2. The zero-order chi connectivity index (χ0) is 17.4. The van der Waals surface area contributed by atoms with E-state index in [1.165, 1.54) is 12.1 Å². The summed E-state index contributed by atoms with van der Waals surface area (Å²) in [5.41, 5.74) is 0.604. The van der Waals surface area contributed by atoms with E-state index in [-0.39, 0.29) is 11.3 Å². The minimum absolute atomic E-state index is 0.0689. The zero-order valence-corrected chi connectivity index (χ0v) is 14.2. The van der Waals surface area contributed by atoms with Gasteiger partial charge in [-0.15, -0.1) is 0 Å². The van der Waals surface area contributed by atoms with Gasteiger partial charge in [0.15, 0.2) is 0 Å². The van der Waals surface area contributed by atoms with Crippen molar-refractivity contribution < 1.29 is 9.90 Å². The number of carbonyl (C=O) groups excluding carboxylic acids is 1. The average Bonchev–Trinajstić information content (AvgIpc) is 2.45. The number of hydrogen-bond donors (Lipinski definition) is 2. The average molecular weight is 315 g/mol. The summed E-state index contributed by atoms with van der Waals surface area (Å²) in [6, 6.07) is 8.10. The third kappa shape index (κ3) is 6.88. The van der Waals surface area contributed by atoms with Crippen LogP contribution in [-0.4, -0.2) is 29.0 Å². The fraction of sp³-hybridized carbons (Fsp3) is 0.444. The maximum Gasteiger partial charge on any atom is 0.267 e.